The van der Waals surface area contributed by atoms with Gasteiger partial charge in [-0.15, -0.1) is 0 Å². The van der Waals surface area contributed by atoms with E-state index >= 15 is 0 Å². The highest BCUT2D eigenvalue weighted by molar-refractivity contribution is 6.27. The molecule has 0 saturated carbocycles. The molecule has 4 heterocycles. The van der Waals surface area contributed by atoms with Gasteiger partial charge < -0.3 is 13.4 Å². The number of aliphatic imine (C=N–C) groups is 2. The average Bonchev–Trinajstić information content (AvgIpc) is 4.08. The molecule has 5 nitrogen and oxygen atoms in total. The van der Waals surface area contributed by atoms with Crippen LogP contribution in [0.15, 0.2) is 231 Å². The quantitative estimate of drug-likeness (QED) is 0.177. The highest BCUT2D eigenvalue weighted by Crippen LogP contribution is 2.44. The molecule has 5 heteroatoms. The molecule has 1 atom stereocenters. The van der Waals surface area contributed by atoms with Gasteiger partial charge in [0.05, 0.1) is 39.1 Å². The lowest BCUT2D eigenvalue weighted by Crippen LogP contribution is -2.17. The van der Waals surface area contributed by atoms with Crippen molar-refractivity contribution in [2.24, 2.45) is 15.9 Å². The van der Waals surface area contributed by atoms with Gasteiger partial charge in [0, 0.05) is 44.0 Å². The molecule has 0 saturated heterocycles. The summed E-state index contributed by atoms with van der Waals surface area (Å²) in [5, 5.41) is 16.1. The number of nitrogens with zero attached hydrogens (tertiary/aromatic N) is 3. The normalized spacial score (nSPS) is 16.9. The number of aromatic nitrogens is 1. The summed E-state index contributed by atoms with van der Waals surface area (Å²) in [5.41, 5.74) is 11.3. The van der Waals surface area contributed by atoms with Crippen LogP contribution in [0.25, 0.3) is 120 Å². The number of allylic oxidation sites excluding steroid dienone is 1. The van der Waals surface area contributed by atoms with Crippen molar-refractivity contribution in [2.75, 3.05) is 0 Å². The Hall–Kier alpha value is -9.06. The molecule has 3 aromatic heterocycles. The van der Waals surface area contributed by atoms with Gasteiger partial charge in [-0.1, -0.05) is 153 Å². The summed E-state index contributed by atoms with van der Waals surface area (Å²) in [6.45, 7) is 2.28. The van der Waals surface area contributed by atoms with Gasteiger partial charge in [-0.25, -0.2) is 9.98 Å². The number of hydrogen-bond acceptors (Lipinski definition) is 4. The lowest BCUT2D eigenvalue weighted by molar-refractivity contribution is 0.668. The fourth-order valence-corrected chi connectivity index (χ4v) is 11.4. The third kappa shape index (κ3) is 5.85. The number of hydrogen-bond donors (Lipinski definition) is 0. The lowest BCUT2D eigenvalue weighted by Gasteiger charge is -2.20. The van der Waals surface area contributed by atoms with E-state index in [0.29, 0.717) is 5.84 Å². The maximum Gasteiger partial charge on any atom is 0.163 e. The molecule has 70 heavy (non-hydrogen) atoms. The van der Waals surface area contributed by atoms with Crippen molar-refractivity contribution in [1.29, 1.82) is 0 Å². The van der Waals surface area contributed by atoms with Crippen LogP contribution in [0.3, 0.4) is 0 Å². The third-order valence-electron chi connectivity index (χ3n) is 14.8. The number of amidine groups is 1. The van der Waals surface area contributed by atoms with Crippen LogP contribution in [-0.4, -0.2) is 16.1 Å². The molecule has 14 aromatic rings. The number of benzene rings is 11. The predicted octanol–water partition coefficient (Wildman–Crippen LogP) is 17.5. The van der Waals surface area contributed by atoms with Crippen LogP contribution in [-0.2, 0) is 0 Å². The topological polar surface area (TPSA) is 55.9 Å². The second-order valence-corrected chi connectivity index (χ2v) is 18.9. The summed E-state index contributed by atoms with van der Waals surface area (Å²) in [6.07, 6.45) is 3.04. The molecule has 0 spiro atoms. The fraction of sp³-hybridized carbons (Fsp3) is 0.0462. The van der Waals surface area contributed by atoms with Crippen LogP contribution in [0.4, 0.5) is 0 Å². The second kappa shape index (κ2) is 15.0. The number of fused-ring (bicyclic) bond motifs is 14. The summed E-state index contributed by atoms with van der Waals surface area (Å²) < 4.78 is 16.1. The van der Waals surface area contributed by atoms with Crippen LogP contribution < -0.4 is 0 Å². The molecule has 15 rings (SSSR count). The second-order valence-electron chi connectivity index (χ2n) is 18.9. The maximum atomic E-state index is 7.30. The Kier molecular flexibility index (Phi) is 8.34. The van der Waals surface area contributed by atoms with Gasteiger partial charge in [-0.05, 0) is 116 Å². The summed E-state index contributed by atoms with van der Waals surface area (Å²) in [5.74, 6) is 0.653. The number of furan rings is 2. The number of rotatable bonds is 4. The zero-order valence-corrected chi connectivity index (χ0v) is 38.1. The van der Waals surface area contributed by atoms with E-state index in [0.717, 1.165) is 106 Å². The Labute approximate surface area is 401 Å². The zero-order valence-electron chi connectivity index (χ0n) is 38.1. The molecule has 1 aliphatic rings. The molecule has 0 amide bonds. The molecule has 0 N–H and O–H groups in total. The van der Waals surface area contributed by atoms with E-state index in [2.05, 4.69) is 212 Å². The van der Waals surface area contributed by atoms with Gasteiger partial charge >= 0.3 is 0 Å². The minimum Gasteiger partial charge on any atom is -0.456 e. The molecule has 328 valence electrons. The van der Waals surface area contributed by atoms with Crippen LogP contribution in [0.2, 0.25) is 0 Å². The summed E-state index contributed by atoms with van der Waals surface area (Å²) in [7, 11) is 0. The largest absolute Gasteiger partial charge is 0.456 e. The summed E-state index contributed by atoms with van der Waals surface area (Å²) >= 11 is 0. The highest BCUT2D eigenvalue weighted by Gasteiger charge is 2.26. The van der Waals surface area contributed by atoms with E-state index in [1.54, 1.807) is 0 Å². The Bertz CT molecular complexity index is 4650. The van der Waals surface area contributed by atoms with E-state index in [1.807, 2.05) is 12.1 Å². The average molecular weight is 896 g/mol. The van der Waals surface area contributed by atoms with E-state index in [9.17, 15) is 0 Å². The van der Waals surface area contributed by atoms with Crippen LogP contribution in [0.5, 0.6) is 0 Å². The number of para-hydroxylation sites is 1. The molecule has 1 unspecified atom stereocenters. The van der Waals surface area contributed by atoms with Crippen molar-refractivity contribution in [3.8, 4) is 5.69 Å². The Balaban J connectivity index is 1.05. The smallest absolute Gasteiger partial charge is 0.163 e. The SMILES string of the molecule is CC1C/C=C(c2ccc3oc4ccccc4c3c2)/N=C(c2ccc(-n3c4cc5ccccc5cc4c4c5ccccc5ccc43)c3c2oc2cc4ccccc4cc23)\N=C/1c1cccc2ccccc12. The molecule has 0 aliphatic carbocycles. The van der Waals surface area contributed by atoms with Crippen molar-refractivity contribution in [1.82, 2.24) is 4.57 Å². The first-order chi connectivity index (χ1) is 34.6. The van der Waals surface area contributed by atoms with Crippen LogP contribution in [0.1, 0.15) is 30.0 Å². The first kappa shape index (κ1) is 39.0. The molecule has 1 aliphatic heterocycles. The Morgan fingerprint density at radius 3 is 1.90 bits per heavy atom. The van der Waals surface area contributed by atoms with Crippen molar-refractivity contribution < 1.29 is 8.83 Å². The fourth-order valence-electron chi connectivity index (χ4n) is 11.4. The molecule has 0 bridgehead atoms. The van der Waals surface area contributed by atoms with Gasteiger partial charge in [0.1, 0.15) is 22.3 Å². The van der Waals surface area contributed by atoms with Gasteiger partial charge in [0.2, 0.25) is 0 Å². The standard InChI is InChI=1S/C65H41N3O2/c1-38-25-29-54(45-27-32-59-51(35-45)48-22-10-11-24-58(48)69-59)66-65(67-63(38)49-23-12-19-39-13-6-8-20-46(39)49)50-28-31-56(62-53-34-42-16-3-5-18-44(42)37-60(53)70-64(50)62)68-55-30-26-40-14-7-9-21-47(40)61(55)52-33-41-15-2-4-17-43(41)36-57(52)68/h2-24,26-38H,25H2,1H3/b54-29+,66-65-,67-63+. The lowest BCUT2D eigenvalue weighted by atomic mass is 9.90. The van der Waals surface area contributed by atoms with Crippen LogP contribution >= 0.6 is 0 Å². The van der Waals surface area contributed by atoms with Crippen molar-refractivity contribution in [3.63, 3.8) is 0 Å². The molecular formula is C65H41N3O2. The molecule has 11 aromatic carbocycles. The van der Waals surface area contributed by atoms with E-state index < -0.39 is 0 Å². The molecule has 0 radical (unpaired) electrons. The Morgan fingerprint density at radius 2 is 1.09 bits per heavy atom. The first-order valence-electron chi connectivity index (χ1n) is 24.1. The van der Waals surface area contributed by atoms with Gasteiger partial charge in [0.25, 0.3) is 0 Å². The van der Waals surface area contributed by atoms with Crippen molar-refractivity contribution in [2.45, 2.75) is 13.3 Å². The first-order valence-corrected chi connectivity index (χ1v) is 24.1. The molecular weight excluding hydrogens is 855 g/mol. The van der Waals surface area contributed by atoms with Crippen molar-refractivity contribution >= 4 is 126 Å². The van der Waals surface area contributed by atoms with Gasteiger partial charge in [-0.3, -0.25) is 0 Å². The van der Waals surface area contributed by atoms with E-state index in [-0.39, 0.29) is 5.92 Å². The van der Waals surface area contributed by atoms with E-state index in [1.165, 1.54) is 43.1 Å². The van der Waals surface area contributed by atoms with Gasteiger partial charge in [0.15, 0.2) is 5.84 Å². The minimum atomic E-state index is 0.0581. The maximum absolute atomic E-state index is 7.30. The summed E-state index contributed by atoms with van der Waals surface area (Å²) in [4.78, 5) is 11.4. The molecule has 0 fully saturated rings. The van der Waals surface area contributed by atoms with Crippen LogP contribution in [0, 0.1) is 5.92 Å². The zero-order chi connectivity index (χ0) is 46.0. The van der Waals surface area contributed by atoms with Gasteiger partial charge in [-0.2, -0.15) is 0 Å². The Morgan fingerprint density at radius 1 is 0.429 bits per heavy atom. The summed E-state index contributed by atoms with van der Waals surface area (Å²) in [6, 6.07) is 74.0. The third-order valence-corrected chi connectivity index (χ3v) is 14.8. The minimum absolute atomic E-state index is 0.0581. The monoisotopic (exact) mass is 895 g/mol. The van der Waals surface area contributed by atoms with Crippen molar-refractivity contribution in [3.05, 3.63) is 229 Å². The highest BCUT2D eigenvalue weighted by atomic mass is 16.3. The predicted molar refractivity (Wildman–Crippen MR) is 293 cm³/mol. The van der Waals surface area contributed by atoms with E-state index in [4.69, 9.17) is 18.8 Å².